The summed E-state index contributed by atoms with van der Waals surface area (Å²) < 4.78 is 59.9. The van der Waals surface area contributed by atoms with E-state index in [4.69, 9.17) is 31.5 Å². The fraction of sp³-hybridized carbons (Fsp3) is 0.209. The van der Waals surface area contributed by atoms with E-state index in [2.05, 4.69) is 5.32 Å². The first-order chi connectivity index (χ1) is 26.4. The summed E-state index contributed by atoms with van der Waals surface area (Å²) in [6, 6.07) is 36.9. The van der Waals surface area contributed by atoms with E-state index in [0.29, 0.717) is 30.6 Å². The number of hydrogen-bond acceptors (Lipinski definition) is 6. The van der Waals surface area contributed by atoms with Crippen LogP contribution in [-0.2, 0) is 44.5 Å². The van der Waals surface area contributed by atoms with Crippen molar-refractivity contribution in [3.05, 3.63) is 183 Å². The van der Waals surface area contributed by atoms with E-state index in [1.807, 2.05) is 91.0 Å². The van der Waals surface area contributed by atoms with E-state index in [0.717, 1.165) is 29.0 Å². The first-order valence-corrected chi connectivity index (χ1v) is 17.9. The molecule has 0 fully saturated rings. The third-order valence-corrected chi connectivity index (χ3v) is 9.96. The molecule has 1 unspecified atom stereocenters. The largest absolute Gasteiger partial charge is 0.493 e. The molecule has 1 aliphatic heterocycles. The number of nitrogens with one attached hydrogen (secondary N) is 1. The summed E-state index contributed by atoms with van der Waals surface area (Å²) in [6.45, 7) is 0.906. The Morgan fingerprint density at radius 1 is 0.857 bits per heavy atom. The minimum absolute atomic E-state index is 0. The number of alkyl halides is 3. The number of carbonyl (C=O) groups excluding carboxylic acids is 1. The van der Waals surface area contributed by atoms with Gasteiger partial charge in [-0.2, -0.15) is 13.2 Å². The molecule has 0 aromatic heterocycles. The van der Waals surface area contributed by atoms with Gasteiger partial charge < -0.3 is 30.4 Å². The Bertz CT molecular complexity index is 2110. The van der Waals surface area contributed by atoms with Gasteiger partial charge in [0.1, 0.15) is 12.0 Å². The molecule has 0 bridgehead atoms. The Kier molecular flexibility index (Phi) is 13.4. The maximum Gasteiger partial charge on any atom is 0.417 e. The molecule has 0 saturated carbocycles. The minimum atomic E-state index is -4.61. The van der Waals surface area contributed by atoms with Crippen molar-refractivity contribution in [3.8, 4) is 5.75 Å². The zero-order valence-corrected chi connectivity index (χ0v) is 31.5. The predicted octanol–water partition coefficient (Wildman–Crippen LogP) is 8.84. The quantitative estimate of drug-likeness (QED) is 0.0853. The number of aliphatic carboxylic acids is 1. The number of amides is 1. The number of carbonyl (C=O) groups is 2. The van der Waals surface area contributed by atoms with Crippen LogP contribution < -0.4 is 15.8 Å². The van der Waals surface area contributed by atoms with Crippen molar-refractivity contribution in [1.29, 1.82) is 0 Å². The molecule has 6 rings (SSSR count). The van der Waals surface area contributed by atoms with Gasteiger partial charge in [0.25, 0.3) is 5.79 Å². The highest BCUT2D eigenvalue weighted by Gasteiger charge is 2.46. The molecule has 0 spiro atoms. The van der Waals surface area contributed by atoms with Crippen LogP contribution in [0.1, 0.15) is 50.2 Å². The summed E-state index contributed by atoms with van der Waals surface area (Å²) in [5.41, 5.74) is 7.35. The summed E-state index contributed by atoms with van der Waals surface area (Å²) in [5.74, 6) is -3.79. The Morgan fingerprint density at radius 2 is 1.48 bits per heavy atom. The standard InChI is InChI=1S/C43H38ClF3N2O6.ClH/c44-38-31(14-10-19-35(38)43(45,46)47)26-41(32-15-6-2-7-16-32,33-17-8-3-9-18-33)28-49-22-11-23-53-36-24-30(39(48)50)20-21-34(36)42(25-29-12-4-1-5-13-29)54-27-37(55-42)40(51)52;/h1-10,12-21,24,27,49H,11,22-23,25-26,28H2,(H2,48,50)(H,51,52);1H. The van der Waals surface area contributed by atoms with Crippen LogP contribution in [-0.4, -0.2) is 36.7 Å². The maximum atomic E-state index is 13.9. The van der Waals surface area contributed by atoms with Gasteiger partial charge in [-0.3, -0.25) is 4.79 Å². The summed E-state index contributed by atoms with van der Waals surface area (Å²) in [6.07, 6.45) is -2.83. The Balaban J connectivity index is 0.00000600. The molecule has 0 aliphatic carbocycles. The van der Waals surface area contributed by atoms with E-state index in [9.17, 15) is 27.9 Å². The second-order valence-corrected chi connectivity index (χ2v) is 13.5. The Labute approximate surface area is 333 Å². The first kappa shape index (κ1) is 41.7. The fourth-order valence-electron chi connectivity index (χ4n) is 6.83. The Hall–Kier alpha value is -5.49. The molecule has 292 valence electrons. The number of rotatable bonds is 16. The normalized spacial score (nSPS) is 15.2. The van der Waals surface area contributed by atoms with E-state index >= 15 is 0 Å². The monoisotopic (exact) mass is 806 g/mol. The van der Waals surface area contributed by atoms with Gasteiger partial charge in [-0.05, 0) is 65.9 Å². The molecule has 8 nitrogen and oxygen atoms in total. The van der Waals surface area contributed by atoms with Crippen molar-refractivity contribution in [1.82, 2.24) is 5.32 Å². The average Bonchev–Trinajstić information content (AvgIpc) is 3.62. The molecular weight excluding hydrogens is 768 g/mol. The van der Waals surface area contributed by atoms with Crippen molar-refractivity contribution in [3.63, 3.8) is 0 Å². The SMILES string of the molecule is Cl.NC(=O)c1ccc(C2(Cc3ccccc3)OC=C(C(=O)O)O2)c(OCCCNCC(Cc2cccc(C(F)(F)F)c2Cl)(c2ccccc2)c2ccccc2)c1. The lowest BCUT2D eigenvalue weighted by Crippen LogP contribution is -2.42. The van der Waals surface area contributed by atoms with Crippen molar-refractivity contribution in [2.75, 3.05) is 19.7 Å². The van der Waals surface area contributed by atoms with Crippen molar-refractivity contribution < 1.29 is 42.1 Å². The number of ether oxygens (including phenoxy) is 3. The third-order valence-electron chi connectivity index (χ3n) is 9.51. The number of carboxylic acid groups (broad SMARTS) is 1. The molecular formula is C43H39Cl2F3N2O6. The van der Waals surface area contributed by atoms with Gasteiger partial charge in [0.05, 0.1) is 29.2 Å². The Morgan fingerprint density at radius 3 is 2.05 bits per heavy atom. The zero-order chi connectivity index (χ0) is 39.1. The van der Waals surface area contributed by atoms with Gasteiger partial charge in [-0.1, -0.05) is 115 Å². The van der Waals surface area contributed by atoms with E-state index in [1.165, 1.54) is 18.2 Å². The van der Waals surface area contributed by atoms with Crippen molar-refractivity contribution in [2.45, 2.75) is 36.6 Å². The zero-order valence-electron chi connectivity index (χ0n) is 29.9. The molecule has 1 amide bonds. The number of halogens is 5. The second-order valence-electron chi connectivity index (χ2n) is 13.1. The second kappa shape index (κ2) is 18.0. The van der Waals surface area contributed by atoms with E-state index < -0.39 is 40.6 Å². The lowest BCUT2D eigenvalue weighted by atomic mass is 9.70. The van der Waals surface area contributed by atoms with Crippen LogP contribution in [0, 0.1) is 0 Å². The van der Waals surface area contributed by atoms with Crippen LogP contribution in [0.25, 0.3) is 0 Å². The van der Waals surface area contributed by atoms with Gasteiger partial charge in [0.15, 0.2) is 0 Å². The average molecular weight is 808 g/mol. The van der Waals surface area contributed by atoms with Crippen LogP contribution in [0.15, 0.2) is 139 Å². The van der Waals surface area contributed by atoms with Crippen LogP contribution >= 0.6 is 24.0 Å². The maximum absolute atomic E-state index is 13.9. The first-order valence-electron chi connectivity index (χ1n) is 17.5. The summed E-state index contributed by atoms with van der Waals surface area (Å²) in [4.78, 5) is 24.1. The lowest BCUT2D eigenvalue weighted by molar-refractivity contribution is -0.168. The number of benzene rings is 5. The van der Waals surface area contributed by atoms with Gasteiger partial charge in [0.2, 0.25) is 11.7 Å². The van der Waals surface area contributed by atoms with Crippen LogP contribution in [0.2, 0.25) is 5.02 Å². The molecule has 0 saturated heterocycles. The number of nitrogens with two attached hydrogens (primary N) is 1. The smallest absolute Gasteiger partial charge is 0.417 e. The molecule has 5 aromatic carbocycles. The molecule has 1 aliphatic rings. The number of carboxylic acids is 1. The van der Waals surface area contributed by atoms with Gasteiger partial charge >= 0.3 is 12.1 Å². The summed E-state index contributed by atoms with van der Waals surface area (Å²) in [7, 11) is 0. The number of hydrogen-bond donors (Lipinski definition) is 3. The predicted molar refractivity (Wildman–Crippen MR) is 209 cm³/mol. The van der Waals surface area contributed by atoms with E-state index in [1.54, 1.807) is 12.1 Å². The highest BCUT2D eigenvalue weighted by atomic mass is 35.5. The van der Waals surface area contributed by atoms with Gasteiger partial charge in [0, 0.05) is 17.5 Å². The van der Waals surface area contributed by atoms with Crippen molar-refractivity contribution >= 4 is 35.9 Å². The van der Waals surface area contributed by atoms with Crippen LogP contribution in [0.5, 0.6) is 5.75 Å². The molecule has 1 atom stereocenters. The van der Waals surface area contributed by atoms with Crippen molar-refractivity contribution in [2.24, 2.45) is 5.73 Å². The van der Waals surface area contributed by atoms with Gasteiger partial charge in [-0.15, -0.1) is 12.4 Å². The molecule has 56 heavy (non-hydrogen) atoms. The molecule has 5 aromatic rings. The van der Waals surface area contributed by atoms with Crippen LogP contribution in [0.4, 0.5) is 13.2 Å². The minimum Gasteiger partial charge on any atom is -0.493 e. The summed E-state index contributed by atoms with van der Waals surface area (Å²) in [5, 5.41) is 12.9. The fourth-order valence-corrected chi connectivity index (χ4v) is 7.13. The molecule has 4 N–H and O–H groups in total. The number of primary amides is 1. The molecule has 1 heterocycles. The third kappa shape index (κ3) is 9.30. The van der Waals surface area contributed by atoms with Crippen LogP contribution in [0.3, 0.4) is 0 Å². The van der Waals surface area contributed by atoms with E-state index in [-0.39, 0.29) is 48.2 Å². The molecule has 0 radical (unpaired) electrons. The van der Waals surface area contributed by atoms with Gasteiger partial charge in [-0.25, -0.2) is 4.79 Å². The summed E-state index contributed by atoms with van der Waals surface area (Å²) >= 11 is 6.47. The highest BCUT2D eigenvalue weighted by molar-refractivity contribution is 6.32. The lowest BCUT2D eigenvalue weighted by Gasteiger charge is -2.36. The topological polar surface area (TPSA) is 120 Å². The molecule has 13 heteroatoms. The highest BCUT2D eigenvalue weighted by Crippen LogP contribution is 2.44.